The van der Waals surface area contributed by atoms with Crippen LogP contribution in [0.5, 0.6) is 0 Å². The van der Waals surface area contributed by atoms with Gasteiger partial charge in [0.1, 0.15) is 0 Å². The Kier molecular flexibility index (Phi) is 20.2. The van der Waals surface area contributed by atoms with Gasteiger partial charge in [-0.05, 0) is 16.0 Å². The fourth-order valence-corrected chi connectivity index (χ4v) is 0.368. The number of alkyl halides is 9. The van der Waals surface area contributed by atoms with Gasteiger partial charge in [-0.25, -0.2) is 17.6 Å². The van der Waals surface area contributed by atoms with Gasteiger partial charge in [0.15, 0.2) is 6.67 Å². The number of likely N-dealkylation sites (N-methyl/N-ethyl adjacent to an activating group) is 1. The Morgan fingerprint density at radius 1 is 1.00 bits per heavy atom. The molecular weight excluding hydrogens is 391 g/mol. The Hall–Kier alpha value is -1.38. The fourth-order valence-electron chi connectivity index (χ4n) is 0.368. The molecule has 1 atom stereocenters. The van der Waals surface area contributed by atoms with Crippen LogP contribution in [0.25, 0.3) is 0 Å². The van der Waals surface area contributed by atoms with Crippen LogP contribution in [0.4, 0.5) is 48.6 Å². The fraction of sp³-hybridized carbons (Fsp3) is 0.900. The lowest BCUT2D eigenvalue weighted by Crippen LogP contribution is -2.53. The van der Waals surface area contributed by atoms with E-state index < -0.39 is 37.4 Å². The van der Waals surface area contributed by atoms with Gasteiger partial charge in [-0.3, -0.25) is 9.18 Å². The number of carbonyl (C=O) groups excluding carboxylic acids is 1. The first kappa shape index (κ1) is 31.4. The zero-order valence-corrected chi connectivity index (χ0v) is 13.0. The Morgan fingerprint density at radius 3 is 1.32 bits per heavy atom. The molecule has 0 aliphatic rings. The summed E-state index contributed by atoms with van der Waals surface area (Å²) in [4.78, 5) is 14.5. The maximum atomic E-state index is 12.3. The van der Waals surface area contributed by atoms with Gasteiger partial charge in [0.25, 0.3) is 11.8 Å². The van der Waals surface area contributed by atoms with Gasteiger partial charge < -0.3 is 5.32 Å². The molecule has 0 heterocycles. The molecule has 0 rings (SSSR count). The zero-order valence-electron chi connectivity index (χ0n) is 13.0. The molecule has 0 bridgehead atoms. The summed E-state index contributed by atoms with van der Waals surface area (Å²) in [6.45, 7) is -1.17. The van der Waals surface area contributed by atoms with Gasteiger partial charge in [0.05, 0.1) is 6.67 Å². The third-order valence-electron chi connectivity index (χ3n) is 1.27. The van der Waals surface area contributed by atoms with Gasteiger partial charge in [0.2, 0.25) is 6.86 Å². The van der Waals surface area contributed by atoms with Crippen LogP contribution in [0, 0.1) is 0 Å². The van der Waals surface area contributed by atoms with Crippen LogP contribution in [0.2, 0.25) is 0 Å². The molecule has 0 saturated heterocycles. The first-order valence-electron chi connectivity index (χ1n) is 5.75. The second-order valence-corrected chi connectivity index (χ2v) is 3.44. The molecule has 0 spiro atoms. The minimum atomic E-state index is -5.75. The summed E-state index contributed by atoms with van der Waals surface area (Å²) in [5.41, 5.74) is 0. The smallest absolute Gasteiger partial charge is 0.354 e. The maximum absolute atomic E-state index is 12.3. The predicted molar refractivity (Wildman–Crippen MR) is 62.6 cm³/mol. The maximum Gasteiger partial charge on any atom is 0.461 e. The number of nitrogens with one attached hydrogen (secondary N) is 1. The topological polar surface area (TPSA) is 47.6 Å². The van der Waals surface area contributed by atoms with Crippen molar-refractivity contribution in [1.82, 2.24) is 5.32 Å². The highest BCUT2D eigenvalue weighted by Gasteiger charge is 2.65. The highest BCUT2D eigenvalue weighted by atomic mass is 19.4. The van der Waals surface area contributed by atoms with Crippen molar-refractivity contribution in [3.05, 3.63) is 0 Å². The Bertz CT molecular complexity index is 309. The Morgan fingerprint density at radius 2 is 1.28 bits per heavy atom. The molecule has 0 aromatic heterocycles. The standard InChI is InChI=1S/C4H4F5NO2.C3H5F3.C2H5F.CH2F2O/c1-10-2(11)3(5,12-9)4(6,7)8;1-3(5,6)2-4;1-2-3;2-1-4-3/h1H3,(H,10,11);2H2,1H3;2H2,1H3;1H2. The van der Waals surface area contributed by atoms with Crippen molar-refractivity contribution in [1.29, 1.82) is 0 Å². The quantitative estimate of drug-likeness (QED) is 0.709. The second-order valence-electron chi connectivity index (χ2n) is 3.44. The van der Waals surface area contributed by atoms with E-state index in [-0.39, 0.29) is 6.67 Å². The van der Waals surface area contributed by atoms with Crippen LogP contribution in [-0.4, -0.2) is 51.1 Å². The highest BCUT2D eigenvalue weighted by Crippen LogP contribution is 2.35. The van der Waals surface area contributed by atoms with Gasteiger partial charge in [0, 0.05) is 14.0 Å². The lowest BCUT2D eigenvalue weighted by Gasteiger charge is -2.20. The van der Waals surface area contributed by atoms with Crippen molar-refractivity contribution < 1.29 is 63.2 Å². The number of carbonyl (C=O) groups is 1. The zero-order chi connectivity index (χ0) is 21.3. The van der Waals surface area contributed by atoms with E-state index in [4.69, 9.17) is 0 Å². The van der Waals surface area contributed by atoms with Crippen molar-refractivity contribution in [3.63, 3.8) is 0 Å². The van der Waals surface area contributed by atoms with Crippen LogP contribution >= 0.6 is 0 Å². The molecule has 1 amide bonds. The molecule has 0 aliphatic heterocycles. The number of hydrogen-bond donors (Lipinski definition) is 1. The van der Waals surface area contributed by atoms with Gasteiger partial charge in [-0.1, -0.05) is 0 Å². The molecule has 0 fully saturated rings. The van der Waals surface area contributed by atoms with Crippen LogP contribution in [0.3, 0.4) is 0 Å². The SMILES string of the molecule is CC(F)(F)CF.CCF.CNC(=O)C(F)(OF)C(F)(F)F.FCOF. The third-order valence-corrected chi connectivity index (χ3v) is 1.27. The predicted octanol–water partition coefficient (Wildman–Crippen LogP) is 4.26. The highest BCUT2D eigenvalue weighted by molar-refractivity contribution is 5.84. The number of amides is 1. The Balaban J connectivity index is -0.000000141. The normalized spacial score (nSPS) is 12.9. The van der Waals surface area contributed by atoms with Crippen LogP contribution < -0.4 is 5.32 Å². The molecule has 0 aliphatic carbocycles. The summed E-state index contributed by atoms with van der Waals surface area (Å²) >= 11 is 0. The lowest BCUT2D eigenvalue weighted by atomic mass is 10.3. The molecule has 0 aromatic rings. The minimum Gasteiger partial charge on any atom is -0.354 e. The van der Waals surface area contributed by atoms with Crippen molar-refractivity contribution in [2.45, 2.75) is 31.8 Å². The molecule has 4 nitrogen and oxygen atoms in total. The van der Waals surface area contributed by atoms with Crippen molar-refractivity contribution in [3.8, 4) is 0 Å². The summed E-state index contributed by atoms with van der Waals surface area (Å²) in [6.07, 6.45) is -5.75. The van der Waals surface area contributed by atoms with Gasteiger partial charge in [-0.2, -0.15) is 22.5 Å². The summed E-state index contributed by atoms with van der Waals surface area (Å²) in [7, 11) is 0.710. The molecule has 0 saturated carbocycles. The number of hydrogen-bond acceptors (Lipinski definition) is 3. The first-order chi connectivity index (χ1) is 11.2. The summed E-state index contributed by atoms with van der Waals surface area (Å²) in [6, 6.07) is 0. The average Bonchev–Trinajstić information content (AvgIpc) is 2.53. The minimum absolute atomic E-state index is 0.250. The van der Waals surface area contributed by atoms with E-state index in [0.717, 1.165) is 0 Å². The average molecular weight is 407 g/mol. The van der Waals surface area contributed by atoms with E-state index in [1.54, 1.807) is 0 Å². The van der Waals surface area contributed by atoms with E-state index >= 15 is 0 Å². The van der Waals surface area contributed by atoms with E-state index in [1.165, 1.54) is 12.2 Å². The van der Waals surface area contributed by atoms with Crippen molar-refractivity contribution in [2.24, 2.45) is 0 Å². The molecule has 1 unspecified atom stereocenters. The van der Waals surface area contributed by atoms with Gasteiger partial charge >= 0.3 is 12.0 Å². The molecule has 0 aromatic carbocycles. The van der Waals surface area contributed by atoms with Crippen LogP contribution in [0.15, 0.2) is 0 Å². The monoisotopic (exact) mass is 407 g/mol. The lowest BCUT2D eigenvalue weighted by molar-refractivity contribution is -0.381. The molecule has 0 radical (unpaired) electrons. The van der Waals surface area contributed by atoms with E-state index in [0.29, 0.717) is 14.0 Å². The summed E-state index contributed by atoms with van der Waals surface area (Å²) in [5.74, 6) is -10.3. The third kappa shape index (κ3) is 18.8. The molecule has 156 valence electrons. The van der Waals surface area contributed by atoms with Crippen molar-refractivity contribution >= 4 is 5.91 Å². The Labute approximate surface area is 135 Å². The van der Waals surface area contributed by atoms with Crippen molar-refractivity contribution in [2.75, 3.05) is 27.3 Å². The molecule has 15 heteroatoms. The molecule has 25 heavy (non-hydrogen) atoms. The largest absolute Gasteiger partial charge is 0.461 e. The van der Waals surface area contributed by atoms with E-state index in [9.17, 15) is 53.4 Å². The molecule has 1 N–H and O–H groups in total. The second kappa shape index (κ2) is 16.1. The first-order valence-corrected chi connectivity index (χ1v) is 5.75. The van der Waals surface area contributed by atoms with Crippen LogP contribution in [0.1, 0.15) is 13.8 Å². The van der Waals surface area contributed by atoms with E-state index in [2.05, 4.69) is 4.94 Å². The summed E-state index contributed by atoms with van der Waals surface area (Å²) < 4.78 is 121. The number of rotatable bonds is 4. The van der Waals surface area contributed by atoms with Gasteiger partial charge in [-0.15, -0.1) is 4.94 Å². The molecular formula is C10H16F11NO3. The van der Waals surface area contributed by atoms with Crippen LogP contribution in [-0.2, 0) is 14.7 Å². The number of halogens is 11. The van der Waals surface area contributed by atoms with E-state index in [1.807, 2.05) is 4.94 Å². The summed E-state index contributed by atoms with van der Waals surface area (Å²) in [5, 5.41) is 1.26.